The number of benzene rings is 1. The molecule has 3 heteroatoms. The van der Waals surface area contributed by atoms with E-state index in [0.29, 0.717) is 11.4 Å². The number of hydrogen-bond donors (Lipinski definition) is 0. The van der Waals surface area contributed by atoms with E-state index in [0.717, 1.165) is 16.5 Å². The van der Waals surface area contributed by atoms with E-state index in [2.05, 4.69) is 11.1 Å². The molecule has 2 aromatic rings. The van der Waals surface area contributed by atoms with Gasteiger partial charge in [0.1, 0.15) is 11.6 Å². The first-order valence-corrected chi connectivity index (χ1v) is 4.61. The second kappa shape index (κ2) is 3.58. The summed E-state index contributed by atoms with van der Waals surface area (Å²) in [5.74, 6) is 0.397. The molecule has 0 atom stereocenters. The van der Waals surface area contributed by atoms with Gasteiger partial charge in [0.2, 0.25) is 5.88 Å². The third-order valence-corrected chi connectivity index (χ3v) is 2.42. The second-order valence-electron chi connectivity index (χ2n) is 3.25. The van der Waals surface area contributed by atoms with Gasteiger partial charge in [-0.2, -0.15) is 5.26 Å². The van der Waals surface area contributed by atoms with E-state index in [9.17, 15) is 0 Å². The summed E-state index contributed by atoms with van der Waals surface area (Å²) in [6, 6.07) is 9.84. The van der Waals surface area contributed by atoms with Gasteiger partial charge < -0.3 is 4.74 Å². The van der Waals surface area contributed by atoms with Crippen molar-refractivity contribution in [1.82, 2.24) is 4.98 Å². The van der Waals surface area contributed by atoms with Crippen LogP contribution in [0.15, 0.2) is 24.3 Å². The smallest absolute Gasteiger partial charge is 0.232 e. The molecular formula is C12H10N2O. The zero-order chi connectivity index (χ0) is 10.8. The highest BCUT2D eigenvalue weighted by atomic mass is 16.5. The van der Waals surface area contributed by atoms with Crippen LogP contribution in [-0.4, -0.2) is 12.1 Å². The zero-order valence-corrected chi connectivity index (χ0v) is 8.61. The van der Waals surface area contributed by atoms with Crippen molar-refractivity contribution in [2.45, 2.75) is 6.92 Å². The van der Waals surface area contributed by atoms with Crippen molar-refractivity contribution in [2.24, 2.45) is 0 Å². The molecular weight excluding hydrogens is 188 g/mol. The second-order valence-corrected chi connectivity index (χ2v) is 3.25. The van der Waals surface area contributed by atoms with E-state index >= 15 is 0 Å². The summed E-state index contributed by atoms with van der Waals surface area (Å²) >= 11 is 0. The average molecular weight is 198 g/mol. The SMILES string of the molecule is COc1nc2ccccc2c(C)c1C#N. The summed E-state index contributed by atoms with van der Waals surface area (Å²) < 4.78 is 5.09. The maximum atomic E-state index is 9.02. The minimum Gasteiger partial charge on any atom is -0.480 e. The van der Waals surface area contributed by atoms with Gasteiger partial charge in [0.05, 0.1) is 12.6 Å². The van der Waals surface area contributed by atoms with Crippen LogP contribution in [0, 0.1) is 18.3 Å². The van der Waals surface area contributed by atoms with E-state index < -0.39 is 0 Å². The van der Waals surface area contributed by atoms with E-state index in [1.54, 1.807) is 0 Å². The molecule has 3 nitrogen and oxygen atoms in total. The van der Waals surface area contributed by atoms with Gasteiger partial charge in [-0.3, -0.25) is 0 Å². The summed E-state index contributed by atoms with van der Waals surface area (Å²) in [7, 11) is 1.53. The van der Waals surface area contributed by atoms with E-state index in [1.807, 2.05) is 31.2 Å². The van der Waals surface area contributed by atoms with Gasteiger partial charge in [-0.25, -0.2) is 4.98 Å². The molecule has 0 saturated heterocycles. The van der Waals surface area contributed by atoms with Crippen LogP contribution in [0.2, 0.25) is 0 Å². The average Bonchev–Trinajstić information content (AvgIpc) is 2.29. The standard InChI is InChI=1S/C12H10N2O/c1-8-9-5-3-4-6-11(9)14-12(15-2)10(8)7-13/h3-6H,1-2H3. The minimum absolute atomic E-state index is 0.397. The Balaban J connectivity index is 2.89. The molecule has 15 heavy (non-hydrogen) atoms. The fourth-order valence-corrected chi connectivity index (χ4v) is 1.63. The Bertz CT molecular complexity index is 555. The van der Waals surface area contributed by atoms with Gasteiger partial charge in [-0.05, 0) is 18.6 Å². The number of fused-ring (bicyclic) bond motifs is 1. The van der Waals surface area contributed by atoms with Crippen LogP contribution >= 0.6 is 0 Å². The zero-order valence-electron chi connectivity index (χ0n) is 8.61. The Hall–Kier alpha value is -2.08. The molecule has 1 aromatic heterocycles. The quantitative estimate of drug-likeness (QED) is 0.706. The molecule has 74 valence electrons. The molecule has 0 radical (unpaired) electrons. The lowest BCUT2D eigenvalue weighted by Crippen LogP contribution is -1.96. The third kappa shape index (κ3) is 1.40. The predicted octanol–water partition coefficient (Wildman–Crippen LogP) is 2.42. The molecule has 0 aliphatic carbocycles. The van der Waals surface area contributed by atoms with Crippen molar-refractivity contribution >= 4 is 10.9 Å². The molecule has 1 aromatic carbocycles. The van der Waals surface area contributed by atoms with Crippen molar-refractivity contribution in [3.05, 3.63) is 35.4 Å². The largest absolute Gasteiger partial charge is 0.480 e. The number of nitriles is 1. The minimum atomic E-state index is 0.397. The van der Waals surface area contributed by atoms with Crippen LogP contribution in [0.3, 0.4) is 0 Å². The highest BCUT2D eigenvalue weighted by molar-refractivity contribution is 5.85. The van der Waals surface area contributed by atoms with Gasteiger partial charge in [-0.15, -0.1) is 0 Å². The lowest BCUT2D eigenvalue weighted by atomic mass is 10.1. The molecule has 0 aliphatic rings. The molecule has 0 bridgehead atoms. The summed E-state index contributed by atoms with van der Waals surface area (Å²) in [6.45, 7) is 1.91. The maximum absolute atomic E-state index is 9.02. The van der Waals surface area contributed by atoms with Crippen LogP contribution in [0.5, 0.6) is 5.88 Å². The number of rotatable bonds is 1. The number of hydrogen-bond acceptors (Lipinski definition) is 3. The van der Waals surface area contributed by atoms with E-state index in [4.69, 9.17) is 10.00 Å². The first-order valence-electron chi connectivity index (χ1n) is 4.61. The van der Waals surface area contributed by atoms with Gasteiger partial charge in [-0.1, -0.05) is 18.2 Å². The van der Waals surface area contributed by atoms with Gasteiger partial charge in [0.15, 0.2) is 0 Å². The molecule has 0 fully saturated rings. The van der Waals surface area contributed by atoms with Crippen LogP contribution in [0.1, 0.15) is 11.1 Å². The van der Waals surface area contributed by atoms with Crippen molar-refractivity contribution in [3.63, 3.8) is 0 Å². The molecule has 0 spiro atoms. The van der Waals surface area contributed by atoms with Crippen LogP contribution in [0.4, 0.5) is 0 Å². The monoisotopic (exact) mass is 198 g/mol. The normalized spacial score (nSPS) is 9.93. The molecule has 0 saturated carbocycles. The number of pyridine rings is 1. The Morgan fingerprint density at radius 2 is 2.07 bits per heavy atom. The van der Waals surface area contributed by atoms with Crippen LogP contribution in [-0.2, 0) is 0 Å². The van der Waals surface area contributed by atoms with Crippen molar-refractivity contribution in [1.29, 1.82) is 5.26 Å². The van der Waals surface area contributed by atoms with Crippen molar-refractivity contribution in [3.8, 4) is 11.9 Å². The number of para-hydroxylation sites is 1. The summed E-state index contributed by atoms with van der Waals surface area (Å²) in [5.41, 5.74) is 2.28. The van der Waals surface area contributed by atoms with Gasteiger partial charge >= 0.3 is 0 Å². The summed E-state index contributed by atoms with van der Waals surface area (Å²) in [5, 5.41) is 10.0. The van der Waals surface area contributed by atoms with E-state index in [1.165, 1.54) is 7.11 Å². The molecule has 0 unspecified atom stereocenters. The first-order chi connectivity index (χ1) is 7.27. The molecule has 2 rings (SSSR count). The number of methoxy groups -OCH3 is 1. The number of nitrogens with zero attached hydrogens (tertiary/aromatic N) is 2. The fourth-order valence-electron chi connectivity index (χ4n) is 1.63. The number of aryl methyl sites for hydroxylation is 1. The molecule has 1 heterocycles. The molecule has 0 N–H and O–H groups in total. The molecule has 0 aliphatic heterocycles. The van der Waals surface area contributed by atoms with Gasteiger partial charge in [0, 0.05) is 5.39 Å². The van der Waals surface area contributed by atoms with Crippen LogP contribution < -0.4 is 4.74 Å². The Morgan fingerprint density at radius 1 is 1.33 bits per heavy atom. The fraction of sp³-hybridized carbons (Fsp3) is 0.167. The van der Waals surface area contributed by atoms with E-state index in [-0.39, 0.29) is 0 Å². The van der Waals surface area contributed by atoms with Crippen molar-refractivity contribution < 1.29 is 4.74 Å². The Morgan fingerprint density at radius 3 is 2.73 bits per heavy atom. The summed E-state index contributed by atoms with van der Waals surface area (Å²) in [4.78, 5) is 4.28. The van der Waals surface area contributed by atoms with Gasteiger partial charge in [0.25, 0.3) is 0 Å². The number of aromatic nitrogens is 1. The Labute approximate surface area is 87.9 Å². The van der Waals surface area contributed by atoms with Crippen molar-refractivity contribution in [2.75, 3.05) is 7.11 Å². The lowest BCUT2D eigenvalue weighted by molar-refractivity contribution is 0.398. The third-order valence-electron chi connectivity index (χ3n) is 2.42. The topological polar surface area (TPSA) is 45.9 Å². The predicted molar refractivity (Wildman–Crippen MR) is 57.7 cm³/mol. The number of ether oxygens (including phenoxy) is 1. The Kier molecular flexibility index (Phi) is 2.26. The summed E-state index contributed by atoms with van der Waals surface area (Å²) in [6.07, 6.45) is 0. The highest BCUT2D eigenvalue weighted by Gasteiger charge is 2.11. The lowest BCUT2D eigenvalue weighted by Gasteiger charge is -2.07. The molecule has 0 amide bonds. The maximum Gasteiger partial charge on any atom is 0.232 e. The highest BCUT2D eigenvalue weighted by Crippen LogP contribution is 2.26. The first kappa shape index (κ1) is 9.47. The van der Waals surface area contributed by atoms with Crippen LogP contribution in [0.25, 0.3) is 10.9 Å².